The van der Waals surface area contributed by atoms with Gasteiger partial charge >= 0.3 is 0 Å². The van der Waals surface area contributed by atoms with Gasteiger partial charge in [0.15, 0.2) is 11.5 Å². The smallest absolute Gasteiger partial charge is 0.239 e. The molecule has 2 N–H and O–H groups in total. The second-order valence-corrected chi connectivity index (χ2v) is 4.44. The summed E-state index contributed by atoms with van der Waals surface area (Å²) in [6.07, 6.45) is 0.0641. The number of nitrogens with zero attached hydrogens (tertiary/aromatic N) is 2. The molecule has 1 atom stereocenters. The van der Waals surface area contributed by atoms with Crippen LogP contribution in [0.3, 0.4) is 0 Å². The van der Waals surface area contributed by atoms with Crippen LogP contribution in [0.25, 0.3) is 0 Å². The van der Waals surface area contributed by atoms with E-state index >= 15 is 0 Å². The summed E-state index contributed by atoms with van der Waals surface area (Å²) in [7, 11) is 1.33. The minimum absolute atomic E-state index is 0.0641. The Labute approximate surface area is 114 Å². The lowest BCUT2D eigenvalue weighted by Crippen LogP contribution is -2.54. The Morgan fingerprint density at radius 1 is 1.35 bits per heavy atom. The Kier molecular flexibility index (Phi) is 3.60. The molecule has 0 radical (unpaired) electrons. The number of piperidine rings is 1. The number of carbonyl (C=O) groups is 2. The maximum Gasteiger partial charge on any atom is 0.239 e. The summed E-state index contributed by atoms with van der Waals surface area (Å²) in [4.78, 5) is 25.0. The molecule has 6 nitrogen and oxygen atoms in total. The van der Waals surface area contributed by atoms with E-state index in [1.54, 1.807) is 0 Å². The average molecular weight is 277 g/mol. The maximum atomic E-state index is 12.8. The average Bonchev–Trinajstić information content (AvgIpc) is 2.44. The van der Waals surface area contributed by atoms with Crippen LogP contribution >= 0.6 is 0 Å². The Morgan fingerprint density at radius 2 is 1.95 bits per heavy atom. The standard InChI is InChI=1S/C13H12FN3O3/c1-17-12(15)10(16-20)11(18)9(13(17)19)6-7-2-4-8(14)5-3-7/h2-5,9,15,20H,6H2,1H3/b15-12?,16-10-. The molecule has 1 aliphatic heterocycles. The van der Waals surface area contributed by atoms with Crippen LogP contribution in [-0.2, 0) is 16.0 Å². The van der Waals surface area contributed by atoms with Crippen molar-refractivity contribution in [3.05, 3.63) is 35.6 Å². The summed E-state index contributed by atoms with van der Waals surface area (Å²) in [6.45, 7) is 0. The topological polar surface area (TPSA) is 93.8 Å². The molecule has 7 heteroatoms. The Morgan fingerprint density at radius 3 is 2.50 bits per heavy atom. The van der Waals surface area contributed by atoms with Crippen molar-refractivity contribution in [1.29, 1.82) is 5.41 Å². The number of carbonyl (C=O) groups excluding carboxylic acids is 2. The lowest BCUT2D eigenvalue weighted by Gasteiger charge is -2.28. The number of ketones is 1. The Hall–Kier alpha value is -2.57. The van der Waals surface area contributed by atoms with Gasteiger partial charge in [0.2, 0.25) is 11.7 Å². The molecule has 1 saturated heterocycles. The highest BCUT2D eigenvalue weighted by atomic mass is 19.1. The normalized spacial score (nSPS) is 21.7. The molecular weight excluding hydrogens is 265 g/mol. The van der Waals surface area contributed by atoms with Crippen molar-refractivity contribution in [3.8, 4) is 0 Å². The summed E-state index contributed by atoms with van der Waals surface area (Å²) in [5.74, 6) is -3.16. The predicted octanol–water partition coefficient (Wildman–Crippen LogP) is 0.833. The number of likely N-dealkylation sites (tertiary alicyclic amines) is 1. The number of Topliss-reactive ketones (excluding diaryl/α,β-unsaturated/α-hetero) is 1. The van der Waals surface area contributed by atoms with Crippen LogP contribution in [0.4, 0.5) is 4.39 Å². The number of hydrogen-bond acceptors (Lipinski definition) is 5. The third kappa shape index (κ3) is 2.29. The maximum absolute atomic E-state index is 12.8. The van der Waals surface area contributed by atoms with Crippen molar-refractivity contribution in [3.63, 3.8) is 0 Å². The van der Waals surface area contributed by atoms with Gasteiger partial charge in [-0.1, -0.05) is 17.3 Å². The number of amidine groups is 1. The van der Waals surface area contributed by atoms with Crippen LogP contribution in [0.1, 0.15) is 5.56 Å². The van der Waals surface area contributed by atoms with Gasteiger partial charge in [0, 0.05) is 7.05 Å². The van der Waals surface area contributed by atoms with E-state index in [9.17, 15) is 14.0 Å². The molecule has 1 aromatic rings. The summed E-state index contributed by atoms with van der Waals surface area (Å²) < 4.78 is 12.8. The number of amides is 1. The number of halogens is 1. The number of hydrogen-bond donors (Lipinski definition) is 2. The molecule has 20 heavy (non-hydrogen) atoms. The molecular formula is C13H12FN3O3. The molecule has 0 spiro atoms. The monoisotopic (exact) mass is 277 g/mol. The van der Waals surface area contributed by atoms with Crippen molar-refractivity contribution in [2.24, 2.45) is 11.1 Å². The second-order valence-electron chi connectivity index (χ2n) is 4.44. The van der Waals surface area contributed by atoms with Crippen molar-refractivity contribution in [2.45, 2.75) is 6.42 Å². The molecule has 1 amide bonds. The zero-order valence-electron chi connectivity index (χ0n) is 10.6. The van der Waals surface area contributed by atoms with Crippen molar-refractivity contribution < 1.29 is 19.2 Å². The lowest BCUT2D eigenvalue weighted by atomic mass is 9.88. The van der Waals surface area contributed by atoms with Crippen molar-refractivity contribution in [2.75, 3.05) is 7.05 Å². The molecule has 0 aromatic heterocycles. The van der Waals surface area contributed by atoms with E-state index in [2.05, 4.69) is 5.16 Å². The SMILES string of the molecule is CN1C(=N)/C(=N\O)C(=O)C(Cc2ccc(F)cc2)C1=O. The summed E-state index contributed by atoms with van der Waals surface area (Å²) in [5.41, 5.74) is 0.163. The van der Waals surface area contributed by atoms with Crippen LogP contribution in [-0.4, -0.2) is 40.4 Å². The number of oxime groups is 1. The zero-order chi connectivity index (χ0) is 14.9. The van der Waals surface area contributed by atoms with Gasteiger partial charge in [-0.15, -0.1) is 0 Å². The highest BCUT2D eigenvalue weighted by Gasteiger charge is 2.42. The third-order valence-electron chi connectivity index (χ3n) is 3.19. The molecule has 1 heterocycles. The minimum atomic E-state index is -1.06. The highest BCUT2D eigenvalue weighted by molar-refractivity contribution is 6.70. The fourth-order valence-electron chi connectivity index (χ4n) is 2.03. The number of rotatable bonds is 2. The van der Waals surface area contributed by atoms with Gasteiger partial charge in [-0.25, -0.2) is 4.39 Å². The van der Waals surface area contributed by atoms with Gasteiger partial charge in [-0.3, -0.25) is 19.9 Å². The van der Waals surface area contributed by atoms with Gasteiger partial charge < -0.3 is 5.21 Å². The fraction of sp³-hybridized carbons (Fsp3) is 0.231. The van der Waals surface area contributed by atoms with Gasteiger partial charge in [0.25, 0.3) is 0 Å². The largest absolute Gasteiger partial charge is 0.410 e. The quantitative estimate of drug-likeness (QED) is 0.476. The minimum Gasteiger partial charge on any atom is -0.410 e. The van der Waals surface area contributed by atoms with Crippen LogP contribution in [0.2, 0.25) is 0 Å². The van der Waals surface area contributed by atoms with Crippen LogP contribution < -0.4 is 0 Å². The first-order chi connectivity index (χ1) is 9.45. The highest BCUT2D eigenvalue weighted by Crippen LogP contribution is 2.19. The van der Waals surface area contributed by atoms with E-state index in [-0.39, 0.29) is 6.42 Å². The molecule has 0 saturated carbocycles. The molecule has 1 aromatic carbocycles. The first-order valence-corrected chi connectivity index (χ1v) is 5.83. The lowest BCUT2D eigenvalue weighted by molar-refractivity contribution is -0.136. The molecule has 1 unspecified atom stereocenters. The third-order valence-corrected chi connectivity index (χ3v) is 3.19. The second kappa shape index (κ2) is 5.20. The van der Waals surface area contributed by atoms with Gasteiger partial charge in [-0.05, 0) is 24.1 Å². The van der Waals surface area contributed by atoms with Gasteiger partial charge in [0.05, 0.1) is 0 Å². The van der Waals surface area contributed by atoms with Crippen molar-refractivity contribution >= 4 is 23.2 Å². The number of benzene rings is 1. The fourth-order valence-corrected chi connectivity index (χ4v) is 2.03. The van der Waals surface area contributed by atoms with Crippen molar-refractivity contribution in [1.82, 2.24) is 4.90 Å². The summed E-state index contributed by atoms with van der Waals surface area (Å²) in [6, 6.07) is 5.43. The van der Waals surface area contributed by atoms with E-state index < -0.39 is 35.0 Å². The molecule has 1 fully saturated rings. The van der Waals surface area contributed by atoms with E-state index in [1.165, 1.54) is 31.3 Å². The van der Waals surface area contributed by atoms with Crippen LogP contribution in [0, 0.1) is 17.1 Å². The zero-order valence-corrected chi connectivity index (χ0v) is 10.6. The molecule has 104 valence electrons. The predicted molar refractivity (Wildman–Crippen MR) is 68.3 cm³/mol. The number of nitrogens with one attached hydrogen (secondary N) is 1. The first kappa shape index (κ1) is 13.9. The van der Waals surface area contributed by atoms with Gasteiger partial charge in [0.1, 0.15) is 11.7 Å². The molecule has 0 aliphatic carbocycles. The Balaban J connectivity index is 2.30. The first-order valence-electron chi connectivity index (χ1n) is 5.83. The molecule has 1 aliphatic rings. The Bertz CT molecular complexity index is 610. The molecule has 2 rings (SSSR count). The summed E-state index contributed by atoms with van der Waals surface area (Å²) in [5, 5.41) is 19.1. The van der Waals surface area contributed by atoms with Gasteiger partial charge in [-0.2, -0.15) is 0 Å². The van der Waals surface area contributed by atoms with E-state index in [0.29, 0.717) is 5.56 Å². The van der Waals surface area contributed by atoms with E-state index in [0.717, 1.165) is 4.90 Å². The molecule has 0 bridgehead atoms. The summed E-state index contributed by atoms with van der Waals surface area (Å²) >= 11 is 0. The van der Waals surface area contributed by atoms with E-state index in [1.807, 2.05) is 0 Å². The van der Waals surface area contributed by atoms with E-state index in [4.69, 9.17) is 10.6 Å². The van der Waals surface area contributed by atoms with Crippen LogP contribution in [0.5, 0.6) is 0 Å². The van der Waals surface area contributed by atoms with Crippen LogP contribution in [0.15, 0.2) is 29.4 Å².